The number of amides is 1. The first-order chi connectivity index (χ1) is 14.1. The van der Waals surface area contributed by atoms with Crippen LogP contribution >= 0.6 is 0 Å². The number of carbonyl (C=O) groups is 1. The van der Waals surface area contributed by atoms with Crippen molar-refractivity contribution < 1.29 is 14.1 Å². The van der Waals surface area contributed by atoms with Gasteiger partial charge in [-0.3, -0.25) is 9.59 Å². The summed E-state index contributed by atoms with van der Waals surface area (Å²) in [6.07, 6.45) is 0.686. The molecular formula is C20H23N5O4. The highest BCUT2D eigenvalue weighted by molar-refractivity contribution is 5.89. The Balaban J connectivity index is 1.66. The highest BCUT2D eigenvalue weighted by Gasteiger charge is 2.15. The molecule has 9 heteroatoms. The zero-order valence-corrected chi connectivity index (χ0v) is 16.4. The molecule has 0 aliphatic heterocycles. The summed E-state index contributed by atoms with van der Waals surface area (Å²) in [4.78, 5) is 28.3. The number of hydrogen-bond acceptors (Lipinski definition) is 7. The Bertz CT molecular complexity index is 1010. The second-order valence-electron chi connectivity index (χ2n) is 6.40. The minimum Gasteiger partial charge on any atom is -0.382 e. The molecule has 3 rings (SSSR count). The van der Waals surface area contributed by atoms with Gasteiger partial charge in [-0.2, -0.15) is 10.1 Å². The minimum atomic E-state index is -0.464. The summed E-state index contributed by atoms with van der Waals surface area (Å²) in [7, 11) is 0. The fourth-order valence-electron chi connectivity index (χ4n) is 2.58. The van der Waals surface area contributed by atoms with E-state index in [0.717, 1.165) is 11.1 Å². The van der Waals surface area contributed by atoms with Crippen LogP contribution in [0, 0.1) is 6.92 Å². The summed E-state index contributed by atoms with van der Waals surface area (Å²) in [5.74, 6) is -0.423. The van der Waals surface area contributed by atoms with Gasteiger partial charge in [0.1, 0.15) is 6.54 Å². The molecule has 2 heterocycles. The van der Waals surface area contributed by atoms with Gasteiger partial charge in [-0.1, -0.05) is 35.0 Å². The molecule has 0 aliphatic rings. The van der Waals surface area contributed by atoms with Crippen molar-refractivity contribution in [2.45, 2.75) is 26.8 Å². The quantitative estimate of drug-likeness (QED) is 0.548. The topological polar surface area (TPSA) is 112 Å². The summed E-state index contributed by atoms with van der Waals surface area (Å²) in [5, 5.41) is 10.8. The molecule has 2 aromatic heterocycles. The van der Waals surface area contributed by atoms with Crippen molar-refractivity contribution in [3.8, 4) is 11.3 Å². The van der Waals surface area contributed by atoms with Gasteiger partial charge in [0.25, 0.3) is 5.56 Å². The number of carbonyl (C=O) groups excluding carboxylic acids is 1. The zero-order valence-electron chi connectivity index (χ0n) is 16.4. The normalized spacial score (nSPS) is 10.8. The van der Waals surface area contributed by atoms with Gasteiger partial charge in [0.15, 0.2) is 5.82 Å². The second-order valence-corrected chi connectivity index (χ2v) is 6.40. The largest absolute Gasteiger partial charge is 0.382 e. The molecule has 1 aromatic carbocycles. The van der Waals surface area contributed by atoms with E-state index in [1.165, 1.54) is 10.7 Å². The maximum atomic E-state index is 12.2. The van der Waals surface area contributed by atoms with Crippen LogP contribution in [-0.4, -0.2) is 45.6 Å². The zero-order chi connectivity index (χ0) is 20.6. The van der Waals surface area contributed by atoms with Crippen molar-refractivity contribution in [2.24, 2.45) is 0 Å². The van der Waals surface area contributed by atoms with Crippen molar-refractivity contribution in [3.63, 3.8) is 0 Å². The van der Waals surface area contributed by atoms with Gasteiger partial charge in [-0.25, -0.2) is 4.68 Å². The van der Waals surface area contributed by atoms with Crippen molar-refractivity contribution in [3.05, 3.63) is 64.0 Å². The average molecular weight is 397 g/mol. The molecule has 0 saturated heterocycles. The van der Waals surface area contributed by atoms with Crippen LogP contribution in [-0.2, 0) is 11.3 Å². The lowest BCUT2D eigenvalue weighted by molar-refractivity contribution is 0.0901. The van der Waals surface area contributed by atoms with E-state index in [2.05, 4.69) is 20.6 Å². The number of nitrogens with zero attached hydrogens (tertiary/aromatic N) is 4. The lowest BCUT2D eigenvalue weighted by Gasteiger charge is -2.05. The van der Waals surface area contributed by atoms with E-state index in [1.807, 2.05) is 38.1 Å². The standard InChI is InChI=1S/C20H23N5O4/c1-3-28-12-4-11-21-19(27)20-22-17(24-29-20)13-25-18(26)10-9-16(23-25)15-7-5-14(2)6-8-15/h5-10H,3-4,11-13H2,1-2H3,(H,21,27). The Morgan fingerprint density at radius 1 is 1.21 bits per heavy atom. The van der Waals surface area contributed by atoms with E-state index < -0.39 is 5.91 Å². The van der Waals surface area contributed by atoms with Crippen molar-refractivity contribution in [1.82, 2.24) is 25.2 Å². The molecule has 0 unspecified atom stereocenters. The number of rotatable bonds is 9. The van der Waals surface area contributed by atoms with Crippen LogP contribution < -0.4 is 10.9 Å². The molecule has 29 heavy (non-hydrogen) atoms. The molecule has 0 aliphatic carbocycles. The van der Waals surface area contributed by atoms with Crippen LogP contribution in [0.15, 0.2) is 45.7 Å². The minimum absolute atomic E-state index is 0.000343. The van der Waals surface area contributed by atoms with Crippen LogP contribution in [0.4, 0.5) is 0 Å². The first-order valence-corrected chi connectivity index (χ1v) is 9.40. The third kappa shape index (κ3) is 5.58. The fraction of sp³-hybridized carbons (Fsp3) is 0.350. The molecular weight excluding hydrogens is 374 g/mol. The average Bonchev–Trinajstić information content (AvgIpc) is 3.19. The number of aryl methyl sites for hydroxylation is 1. The van der Waals surface area contributed by atoms with Gasteiger partial charge < -0.3 is 14.6 Å². The van der Waals surface area contributed by atoms with Gasteiger partial charge in [0.05, 0.1) is 5.69 Å². The Labute approximate surface area is 167 Å². The lowest BCUT2D eigenvalue weighted by atomic mass is 10.1. The molecule has 0 atom stereocenters. The fourth-order valence-corrected chi connectivity index (χ4v) is 2.58. The maximum absolute atomic E-state index is 12.2. The molecule has 0 spiro atoms. The lowest BCUT2D eigenvalue weighted by Crippen LogP contribution is -2.26. The van der Waals surface area contributed by atoms with Gasteiger partial charge in [-0.15, -0.1) is 0 Å². The van der Waals surface area contributed by atoms with E-state index in [0.29, 0.717) is 31.9 Å². The Morgan fingerprint density at radius 3 is 2.76 bits per heavy atom. The number of benzene rings is 1. The van der Waals surface area contributed by atoms with Crippen LogP contribution in [0.3, 0.4) is 0 Å². The van der Waals surface area contributed by atoms with Crippen LogP contribution in [0.2, 0.25) is 0 Å². The number of hydrogen-bond donors (Lipinski definition) is 1. The van der Waals surface area contributed by atoms with Crippen LogP contribution in [0.5, 0.6) is 0 Å². The highest BCUT2D eigenvalue weighted by Crippen LogP contribution is 2.16. The van der Waals surface area contributed by atoms with Crippen LogP contribution in [0.25, 0.3) is 11.3 Å². The maximum Gasteiger partial charge on any atom is 0.316 e. The third-order valence-electron chi connectivity index (χ3n) is 4.12. The number of nitrogens with one attached hydrogen (secondary N) is 1. The van der Waals surface area contributed by atoms with Gasteiger partial charge in [0, 0.05) is 31.4 Å². The van der Waals surface area contributed by atoms with E-state index >= 15 is 0 Å². The molecule has 1 N–H and O–H groups in total. The summed E-state index contributed by atoms with van der Waals surface area (Å²) < 4.78 is 11.4. The van der Waals surface area contributed by atoms with Crippen molar-refractivity contribution in [2.75, 3.05) is 19.8 Å². The molecule has 9 nitrogen and oxygen atoms in total. The second kappa shape index (κ2) is 9.74. The number of aromatic nitrogens is 4. The molecule has 0 saturated carbocycles. The first-order valence-electron chi connectivity index (χ1n) is 9.40. The first kappa shape index (κ1) is 20.4. The predicted molar refractivity (Wildman–Crippen MR) is 106 cm³/mol. The molecule has 1 amide bonds. The van der Waals surface area contributed by atoms with Gasteiger partial charge in [-0.05, 0) is 26.3 Å². The predicted octanol–water partition coefficient (Wildman–Crippen LogP) is 1.81. The highest BCUT2D eigenvalue weighted by atomic mass is 16.5. The van der Waals surface area contributed by atoms with Crippen LogP contribution in [0.1, 0.15) is 35.4 Å². The summed E-state index contributed by atoms with van der Waals surface area (Å²) in [6.45, 7) is 5.56. The Morgan fingerprint density at radius 2 is 2.00 bits per heavy atom. The van der Waals surface area contributed by atoms with E-state index in [1.54, 1.807) is 6.07 Å². The summed E-state index contributed by atoms with van der Waals surface area (Å²) >= 11 is 0. The molecule has 0 bridgehead atoms. The van der Waals surface area contributed by atoms with E-state index in [9.17, 15) is 9.59 Å². The van der Waals surface area contributed by atoms with Gasteiger partial charge >= 0.3 is 11.8 Å². The molecule has 3 aromatic rings. The molecule has 0 fully saturated rings. The summed E-state index contributed by atoms with van der Waals surface area (Å²) in [6, 6.07) is 10.9. The molecule has 0 radical (unpaired) electrons. The number of ether oxygens (including phenoxy) is 1. The van der Waals surface area contributed by atoms with Crippen molar-refractivity contribution >= 4 is 5.91 Å². The Kier molecular flexibility index (Phi) is 6.85. The third-order valence-corrected chi connectivity index (χ3v) is 4.12. The smallest absolute Gasteiger partial charge is 0.316 e. The van der Waals surface area contributed by atoms with Gasteiger partial charge in [0.2, 0.25) is 0 Å². The molecule has 152 valence electrons. The summed E-state index contributed by atoms with van der Waals surface area (Å²) in [5.41, 5.74) is 2.38. The van der Waals surface area contributed by atoms with Crippen molar-refractivity contribution in [1.29, 1.82) is 0 Å². The Hall–Kier alpha value is -3.33. The van der Waals surface area contributed by atoms with E-state index in [4.69, 9.17) is 9.26 Å². The monoisotopic (exact) mass is 397 g/mol. The SMILES string of the molecule is CCOCCCNC(=O)c1nc(Cn2nc(-c3ccc(C)cc3)ccc2=O)no1. The van der Waals surface area contributed by atoms with E-state index in [-0.39, 0.29) is 23.8 Å².